The molecule has 5 nitrogen and oxygen atoms in total. The molecule has 5 heteroatoms. The number of likely N-dealkylation sites (tertiary alicyclic amines) is 1. The minimum Gasteiger partial charge on any atom is -0.370 e. The number of guanidine groups is 1. The van der Waals surface area contributed by atoms with Crippen LogP contribution >= 0.6 is 0 Å². The normalized spacial score (nSPS) is 18.1. The van der Waals surface area contributed by atoms with Crippen LogP contribution in [-0.2, 0) is 6.54 Å². The SMILES string of the molecule is Cc1nccc(CN=C(N)N2CCC(C)CC2)n1. The molecule has 2 N–H and O–H groups in total. The van der Waals surface area contributed by atoms with E-state index in [-0.39, 0.29) is 0 Å². The van der Waals surface area contributed by atoms with Crippen molar-refractivity contribution >= 4 is 5.96 Å². The Hall–Kier alpha value is -1.65. The lowest BCUT2D eigenvalue weighted by Gasteiger charge is -2.30. The molecule has 0 saturated carbocycles. The van der Waals surface area contributed by atoms with Gasteiger partial charge in [0, 0.05) is 19.3 Å². The second-order valence-corrected chi connectivity index (χ2v) is 4.94. The molecule has 0 radical (unpaired) electrons. The van der Waals surface area contributed by atoms with Crippen LogP contribution in [0.25, 0.3) is 0 Å². The number of nitrogens with zero attached hydrogens (tertiary/aromatic N) is 4. The Balaban J connectivity index is 1.92. The molecule has 0 unspecified atom stereocenters. The average Bonchev–Trinajstić information content (AvgIpc) is 2.37. The minimum absolute atomic E-state index is 0.529. The van der Waals surface area contributed by atoms with Crippen LogP contribution in [0, 0.1) is 12.8 Å². The Bertz CT molecular complexity index is 421. The largest absolute Gasteiger partial charge is 0.370 e. The third-order valence-electron chi connectivity index (χ3n) is 3.34. The molecule has 1 saturated heterocycles. The van der Waals surface area contributed by atoms with Gasteiger partial charge < -0.3 is 10.6 Å². The van der Waals surface area contributed by atoms with Gasteiger partial charge >= 0.3 is 0 Å². The topological polar surface area (TPSA) is 67.4 Å². The molecule has 0 spiro atoms. The molecule has 0 bridgehead atoms. The standard InChI is InChI=1S/C13H21N5/c1-10-4-7-18(8-5-10)13(14)16-9-12-3-6-15-11(2)17-12/h3,6,10H,4-5,7-9H2,1-2H3,(H2,14,16). The van der Waals surface area contributed by atoms with E-state index in [0.29, 0.717) is 12.5 Å². The van der Waals surface area contributed by atoms with Crippen molar-refractivity contribution in [3.05, 3.63) is 23.8 Å². The molecule has 0 atom stereocenters. The van der Waals surface area contributed by atoms with Crippen molar-refractivity contribution < 1.29 is 0 Å². The summed E-state index contributed by atoms with van der Waals surface area (Å²) in [6.07, 6.45) is 4.15. The molecule has 18 heavy (non-hydrogen) atoms. The van der Waals surface area contributed by atoms with Crippen molar-refractivity contribution in [2.45, 2.75) is 33.2 Å². The van der Waals surface area contributed by atoms with Crippen LogP contribution in [0.4, 0.5) is 0 Å². The third kappa shape index (κ3) is 3.42. The van der Waals surface area contributed by atoms with Crippen molar-refractivity contribution in [3.8, 4) is 0 Å². The molecule has 1 aromatic heterocycles. The Kier molecular flexibility index (Phi) is 4.12. The van der Waals surface area contributed by atoms with Crippen molar-refractivity contribution in [1.82, 2.24) is 14.9 Å². The van der Waals surface area contributed by atoms with E-state index in [2.05, 4.69) is 26.8 Å². The summed E-state index contributed by atoms with van der Waals surface area (Å²) >= 11 is 0. The van der Waals surface area contributed by atoms with E-state index in [9.17, 15) is 0 Å². The van der Waals surface area contributed by atoms with Crippen molar-refractivity contribution in [2.24, 2.45) is 16.6 Å². The number of aliphatic imine (C=N–C) groups is 1. The number of hydrogen-bond acceptors (Lipinski definition) is 3. The summed E-state index contributed by atoms with van der Waals surface area (Å²) < 4.78 is 0. The molecule has 1 aliphatic rings. The minimum atomic E-state index is 0.529. The van der Waals surface area contributed by atoms with Gasteiger partial charge in [0.2, 0.25) is 0 Å². The first-order valence-corrected chi connectivity index (χ1v) is 6.48. The number of nitrogens with two attached hydrogens (primary N) is 1. The molecular formula is C13H21N5. The quantitative estimate of drug-likeness (QED) is 0.632. The average molecular weight is 247 g/mol. The van der Waals surface area contributed by atoms with Gasteiger partial charge in [-0.05, 0) is 31.7 Å². The summed E-state index contributed by atoms with van der Waals surface area (Å²) in [5, 5.41) is 0. The monoisotopic (exact) mass is 247 g/mol. The molecular weight excluding hydrogens is 226 g/mol. The van der Waals surface area contributed by atoms with E-state index in [4.69, 9.17) is 5.73 Å². The fraction of sp³-hybridized carbons (Fsp3) is 0.615. The number of rotatable bonds is 2. The van der Waals surface area contributed by atoms with Gasteiger partial charge in [-0.3, -0.25) is 0 Å². The lowest BCUT2D eigenvalue weighted by Crippen LogP contribution is -2.42. The van der Waals surface area contributed by atoms with Gasteiger partial charge in [0.15, 0.2) is 5.96 Å². The number of hydrogen-bond donors (Lipinski definition) is 1. The van der Waals surface area contributed by atoms with Crippen LogP contribution in [0.15, 0.2) is 17.3 Å². The molecule has 0 amide bonds. The van der Waals surface area contributed by atoms with E-state index >= 15 is 0 Å². The zero-order valence-electron chi connectivity index (χ0n) is 11.1. The second-order valence-electron chi connectivity index (χ2n) is 4.94. The maximum Gasteiger partial charge on any atom is 0.191 e. The number of aromatic nitrogens is 2. The zero-order valence-corrected chi connectivity index (χ0v) is 11.1. The van der Waals surface area contributed by atoms with Gasteiger partial charge in [0.05, 0.1) is 12.2 Å². The van der Waals surface area contributed by atoms with Crippen molar-refractivity contribution in [1.29, 1.82) is 0 Å². The molecule has 1 fully saturated rings. The maximum atomic E-state index is 6.01. The maximum absolute atomic E-state index is 6.01. The Morgan fingerprint density at radius 1 is 1.50 bits per heavy atom. The van der Waals surface area contributed by atoms with Crippen LogP contribution in [0.1, 0.15) is 31.3 Å². The lowest BCUT2D eigenvalue weighted by atomic mass is 10.00. The summed E-state index contributed by atoms with van der Waals surface area (Å²) in [6, 6.07) is 1.88. The van der Waals surface area contributed by atoms with Gasteiger partial charge in [-0.1, -0.05) is 6.92 Å². The third-order valence-corrected chi connectivity index (χ3v) is 3.34. The highest BCUT2D eigenvalue weighted by Crippen LogP contribution is 2.15. The summed E-state index contributed by atoms with van der Waals surface area (Å²) in [7, 11) is 0. The van der Waals surface area contributed by atoms with Crippen molar-refractivity contribution in [3.63, 3.8) is 0 Å². The zero-order chi connectivity index (χ0) is 13.0. The lowest BCUT2D eigenvalue weighted by molar-refractivity contribution is 0.277. The summed E-state index contributed by atoms with van der Waals surface area (Å²) in [5.41, 5.74) is 6.93. The molecule has 2 heterocycles. The van der Waals surface area contributed by atoms with E-state index in [1.54, 1.807) is 6.20 Å². The van der Waals surface area contributed by atoms with E-state index < -0.39 is 0 Å². The van der Waals surface area contributed by atoms with Gasteiger partial charge in [-0.25, -0.2) is 15.0 Å². The Morgan fingerprint density at radius 3 is 2.89 bits per heavy atom. The molecule has 2 rings (SSSR count). The highest BCUT2D eigenvalue weighted by atomic mass is 15.3. The van der Waals surface area contributed by atoms with Gasteiger partial charge in [-0.2, -0.15) is 0 Å². The van der Waals surface area contributed by atoms with Crippen LogP contribution in [-0.4, -0.2) is 33.9 Å². The first-order valence-electron chi connectivity index (χ1n) is 6.48. The predicted octanol–water partition coefficient (Wildman–Crippen LogP) is 1.33. The van der Waals surface area contributed by atoms with E-state index in [0.717, 1.165) is 30.5 Å². The summed E-state index contributed by atoms with van der Waals surface area (Å²) in [5.74, 6) is 2.21. The van der Waals surface area contributed by atoms with Crippen LogP contribution in [0.5, 0.6) is 0 Å². The smallest absolute Gasteiger partial charge is 0.191 e. The molecule has 0 aliphatic carbocycles. The first kappa shape index (κ1) is 12.8. The highest BCUT2D eigenvalue weighted by molar-refractivity contribution is 5.78. The van der Waals surface area contributed by atoms with Gasteiger partial charge in [0.25, 0.3) is 0 Å². The van der Waals surface area contributed by atoms with Crippen molar-refractivity contribution in [2.75, 3.05) is 13.1 Å². The summed E-state index contributed by atoms with van der Waals surface area (Å²) in [6.45, 7) is 6.72. The van der Waals surface area contributed by atoms with E-state index in [1.165, 1.54) is 12.8 Å². The first-order chi connectivity index (χ1) is 8.65. The number of aryl methyl sites for hydroxylation is 1. The van der Waals surface area contributed by atoms with Gasteiger partial charge in [-0.15, -0.1) is 0 Å². The number of piperidine rings is 1. The van der Waals surface area contributed by atoms with E-state index in [1.807, 2.05) is 13.0 Å². The molecule has 1 aromatic rings. The summed E-state index contributed by atoms with van der Waals surface area (Å²) in [4.78, 5) is 14.9. The fourth-order valence-corrected chi connectivity index (χ4v) is 2.09. The molecule has 98 valence electrons. The highest BCUT2D eigenvalue weighted by Gasteiger charge is 2.16. The fourth-order valence-electron chi connectivity index (χ4n) is 2.09. The Morgan fingerprint density at radius 2 is 2.22 bits per heavy atom. The molecule has 0 aromatic carbocycles. The van der Waals surface area contributed by atoms with Gasteiger partial charge in [0.1, 0.15) is 5.82 Å². The second kappa shape index (κ2) is 5.80. The van der Waals surface area contributed by atoms with Crippen LogP contribution < -0.4 is 5.73 Å². The van der Waals surface area contributed by atoms with Crippen LogP contribution in [0.2, 0.25) is 0 Å². The Labute approximate surface area is 108 Å². The predicted molar refractivity (Wildman–Crippen MR) is 72.1 cm³/mol. The molecule has 1 aliphatic heterocycles. The van der Waals surface area contributed by atoms with Crippen LogP contribution in [0.3, 0.4) is 0 Å².